The second kappa shape index (κ2) is 4.25. The van der Waals surface area contributed by atoms with Gasteiger partial charge >= 0.3 is 0 Å². The number of ether oxygens (including phenoxy) is 1. The number of hydrogen-bond acceptors (Lipinski definition) is 4. The van der Waals surface area contributed by atoms with Crippen LogP contribution < -0.4 is 10.5 Å². The molecule has 1 aromatic heterocycles. The second-order valence-corrected chi connectivity index (χ2v) is 3.65. The Morgan fingerprint density at radius 3 is 2.67 bits per heavy atom. The van der Waals surface area contributed by atoms with Gasteiger partial charge in [0.25, 0.3) is 0 Å². The van der Waals surface area contributed by atoms with Gasteiger partial charge in [-0.05, 0) is 25.7 Å². The summed E-state index contributed by atoms with van der Waals surface area (Å²) < 4.78 is 5.67. The molecule has 0 saturated heterocycles. The summed E-state index contributed by atoms with van der Waals surface area (Å²) in [4.78, 5) is 8.04. The Morgan fingerprint density at radius 1 is 1.33 bits per heavy atom. The molecule has 1 aliphatic carbocycles. The van der Waals surface area contributed by atoms with E-state index in [1.807, 2.05) is 0 Å². The molecule has 1 saturated carbocycles. The van der Waals surface area contributed by atoms with E-state index in [1.165, 1.54) is 19.0 Å². The molecule has 2 rings (SSSR count). The maximum absolute atomic E-state index is 7.35. The van der Waals surface area contributed by atoms with Gasteiger partial charge in [-0.15, -0.1) is 0 Å². The minimum absolute atomic E-state index is 0.101. The molecule has 3 N–H and O–H groups in total. The van der Waals surface area contributed by atoms with Gasteiger partial charge < -0.3 is 10.5 Å². The molecule has 0 aliphatic heterocycles. The van der Waals surface area contributed by atoms with E-state index in [0.29, 0.717) is 11.6 Å². The van der Waals surface area contributed by atoms with E-state index in [4.69, 9.17) is 15.9 Å². The quantitative estimate of drug-likeness (QED) is 0.572. The molecule has 0 bridgehead atoms. The summed E-state index contributed by atoms with van der Waals surface area (Å²) in [6, 6.07) is 0. The summed E-state index contributed by atoms with van der Waals surface area (Å²) >= 11 is 0. The average Bonchev–Trinajstić information content (AvgIpc) is 2.71. The van der Waals surface area contributed by atoms with Crippen molar-refractivity contribution in [1.82, 2.24) is 9.97 Å². The van der Waals surface area contributed by atoms with Crippen LogP contribution >= 0.6 is 0 Å². The molecule has 0 atom stereocenters. The molecular formula is C10H14N4O. The number of nitrogens with zero attached hydrogens (tertiary/aromatic N) is 2. The Bertz CT molecular complexity index is 360. The number of nitrogens with one attached hydrogen (secondary N) is 1. The Morgan fingerprint density at radius 2 is 2.00 bits per heavy atom. The van der Waals surface area contributed by atoms with Gasteiger partial charge in [-0.1, -0.05) is 0 Å². The first-order chi connectivity index (χ1) is 7.27. The summed E-state index contributed by atoms with van der Waals surface area (Å²) in [7, 11) is 0. The molecule has 80 valence electrons. The van der Waals surface area contributed by atoms with Gasteiger partial charge in [-0.25, -0.2) is 9.97 Å². The number of rotatable bonds is 3. The van der Waals surface area contributed by atoms with Crippen LogP contribution in [0.5, 0.6) is 5.88 Å². The molecule has 0 unspecified atom stereocenters. The first kappa shape index (κ1) is 9.89. The molecule has 1 aliphatic rings. The minimum atomic E-state index is -0.101. The fourth-order valence-electron chi connectivity index (χ4n) is 1.76. The summed E-state index contributed by atoms with van der Waals surface area (Å²) in [6.45, 7) is 0. The number of nitrogens with two attached hydrogens (primary N) is 1. The zero-order valence-corrected chi connectivity index (χ0v) is 8.44. The van der Waals surface area contributed by atoms with Gasteiger partial charge in [0.2, 0.25) is 5.88 Å². The van der Waals surface area contributed by atoms with Crippen LogP contribution in [0.3, 0.4) is 0 Å². The van der Waals surface area contributed by atoms with Gasteiger partial charge in [0, 0.05) is 12.4 Å². The van der Waals surface area contributed by atoms with Crippen molar-refractivity contribution >= 4 is 5.84 Å². The molecule has 15 heavy (non-hydrogen) atoms. The van der Waals surface area contributed by atoms with Crippen LogP contribution in [0, 0.1) is 5.41 Å². The van der Waals surface area contributed by atoms with Crippen molar-refractivity contribution in [3.05, 3.63) is 18.1 Å². The third kappa shape index (κ3) is 2.23. The SMILES string of the molecule is N=C(N)c1nccnc1OC1CCCC1. The fraction of sp³-hybridized carbons (Fsp3) is 0.500. The van der Waals surface area contributed by atoms with Crippen molar-refractivity contribution in [3.8, 4) is 5.88 Å². The van der Waals surface area contributed by atoms with Crippen molar-refractivity contribution in [1.29, 1.82) is 5.41 Å². The molecule has 1 aromatic rings. The van der Waals surface area contributed by atoms with Crippen molar-refractivity contribution in [3.63, 3.8) is 0 Å². The Balaban J connectivity index is 2.15. The highest BCUT2D eigenvalue weighted by Gasteiger charge is 2.19. The third-order valence-electron chi connectivity index (χ3n) is 2.50. The van der Waals surface area contributed by atoms with Crippen LogP contribution in [-0.2, 0) is 0 Å². The first-order valence-corrected chi connectivity index (χ1v) is 5.09. The van der Waals surface area contributed by atoms with Crippen LogP contribution in [0.4, 0.5) is 0 Å². The predicted molar refractivity (Wildman–Crippen MR) is 55.9 cm³/mol. The van der Waals surface area contributed by atoms with E-state index in [-0.39, 0.29) is 11.9 Å². The van der Waals surface area contributed by atoms with E-state index < -0.39 is 0 Å². The highest BCUT2D eigenvalue weighted by atomic mass is 16.5. The van der Waals surface area contributed by atoms with Gasteiger partial charge in [0.05, 0.1) is 0 Å². The van der Waals surface area contributed by atoms with Crippen molar-refractivity contribution in [2.24, 2.45) is 5.73 Å². The molecule has 1 heterocycles. The lowest BCUT2D eigenvalue weighted by Crippen LogP contribution is -2.19. The number of nitrogen functional groups attached to an aromatic ring is 1. The summed E-state index contributed by atoms with van der Waals surface area (Å²) in [5.41, 5.74) is 5.73. The molecule has 0 amide bonds. The van der Waals surface area contributed by atoms with Crippen molar-refractivity contribution in [2.75, 3.05) is 0 Å². The molecule has 0 spiro atoms. The maximum atomic E-state index is 7.35. The van der Waals surface area contributed by atoms with Crippen LogP contribution in [0.2, 0.25) is 0 Å². The minimum Gasteiger partial charge on any atom is -0.473 e. The topological polar surface area (TPSA) is 84.9 Å². The lowest BCUT2D eigenvalue weighted by Gasteiger charge is -2.13. The van der Waals surface area contributed by atoms with Gasteiger partial charge in [0.15, 0.2) is 5.69 Å². The number of hydrogen-bond donors (Lipinski definition) is 2. The van der Waals surface area contributed by atoms with Crippen LogP contribution in [0.15, 0.2) is 12.4 Å². The number of amidine groups is 1. The fourth-order valence-corrected chi connectivity index (χ4v) is 1.76. The molecule has 5 heteroatoms. The Labute approximate surface area is 88.2 Å². The molecule has 5 nitrogen and oxygen atoms in total. The smallest absolute Gasteiger partial charge is 0.244 e. The van der Waals surface area contributed by atoms with E-state index in [2.05, 4.69) is 9.97 Å². The Hall–Kier alpha value is -1.65. The van der Waals surface area contributed by atoms with E-state index >= 15 is 0 Å². The van der Waals surface area contributed by atoms with Gasteiger partial charge in [-0.3, -0.25) is 5.41 Å². The van der Waals surface area contributed by atoms with E-state index in [9.17, 15) is 0 Å². The lowest BCUT2D eigenvalue weighted by molar-refractivity contribution is 0.200. The zero-order chi connectivity index (χ0) is 10.7. The van der Waals surface area contributed by atoms with Gasteiger partial charge in [-0.2, -0.15) is 0 Å². The summed E-state index contributed by atoms with van der Waals surface area (Å²) in [5.74, 6) is 0.285. The third-order valence-corrected chi connectivity index (χ3v) is 2.50. The Kier molecular flexibility index (Phi) is 2.80. The van der Waals surface area contributed by atoms with Crippen molar-refractivity contribution in [2.45, 2.75) is 31.8 Å². The molecular weight excluding hydrogens is 192 g/mol. The van der Waals surface area contributed by atoms with Crippen LogP contribution in [0.1, 0.15) is 31.4 Å². The normalized spacial score (nSPS) is 16.5. The zero-order valence-electron chi connectivity index (χ0n) is 8.44. The molecule has 1 fully saturated rings. The molecule has 0 radical (unpaired) electrons. The average molecular weight is 206 g/mol. The standard InChI is InChI=1S/C10H14N4O/c11-9(12)8-10(14-6-5-13-8)15-7-3-1-2-4-7/h5-7H,1-4H2,(H3,11,12). The van der Waals surface area contributed by atoms with Crippen LogP contribution in [0.25, 0.3) is 0 Å². The summed E-state index contributed by atoms with van der Waals surface area (Å²) in [6.07, 6.45) is 7.76. The van der Waals surface area contributed by atoms with Crippen molar-refractivity contribution < 1.29 is 4.74 Å². The highest BCUT2D eigenvalue weighted by molar-refractivity contribution is 5.94. The number of aromatic nitrogens is 2. The van der Waals surface area contributed by atoms with Gasteiger partial charge in [0.1, 0.15) is 11.9 Å². The lowest BCUT2D eigenvalue weighted by atomic mass is 10.3. The predicted octanol–water partition coefficient (Wildman–Crippen LogP) is 1.08. The maximum Gasteiger partial charge on any atom is 0.244 e. The monoisotopic (exact) mass is 206 g/mol. The largest absolute Gasteiger partial charge is 0.473 e. The first-order valence-electron chi connectivity index (χ1n) is 5.09. The van der Waals surface area contributed by atoms with E-state index in [1.54, 1.807) is 6.20 Å². The summed E-state index contributed by atoms with van der Waals surface area (Å²) in [5, 5.41) is 7.35. The van der Waals surface area contributed by atoms with Crippen LogP contribution in [-0.4, -0.2) is 21.9 Å². The molecule has 0 aromatic carbocycles. The van der Waals surface area contributed by atoms with E-state index in [0.717, 1.165) is 12.8 Å². The highest BCUT2D eigenvalue weighted by Crippen LogP contribution is 2.23. The second-order valence-electron chi connectivity index (χ2n) is 3.65.